The Morgan fingerprint density at radius 2 is 1.83 bits per heavy atom. The first-order valence-electron chi connectivity index (χ1n) is 9.84. The first-order chi connectivity index (χ1) is 13.7. The Balaban J connectivity index is 2.00. The standard InChI is InChI=1S/C23H24F3IN2/c1-13-8-9-16-15-6-4-5-7-19(15)28-21(16)22(29(13)12-23(2,3)26)20-17(24)10-14(27)11-18(20)25/h4-7,10-11,13,22,28H,8-9,12H2,1-3H3. The average molecular weight is 512 g/mol. The number of aromatic nitrogens is 1. The quantitative estimate of drug-likeness (QED) is 0.396. The summed E-state index contributed by atoms with van der Waals surface area (Å²) in [5.41, 5.74) is 1.24. The fourth-order valence-corrected chi connectivity index (χ4v) is 5.02. The molecule has 154 valence electrons. The van der Waals surface area contributed by atoms with E-state index in [2.05, 4.69) is 4.98 Å². The molecule has 1 N–H and O–H groups in total. The van der Waals surface area contributed by atoms with E-state index in [1.54, 1.807) is 0 Å². The van der Waals surface area contributed by atoms with Crippen molar-refractivity contribution in [3.8, 4) is 0 Å². The van der Waals surface area contributed by atoms with Gasteiger partial charge in [0.25, 0.3) is 0 Å². The van der Waals surface area contributed by atoms with Crippen molar-refractivity contribution in [2.45, 2.75) is 51.4 Å². The largest absolute Gasteiger partial charge is 0.357 e. The van der Waals surface area contributed by atoms with E-state index in [1.807, 2.05) is 58.7 Å². The second-order valence-electron chi connectivity index (χ2n) is 8.53. The number of halogens is 4. The Morgan fingerprint density at radius 1 is 1.17 bits per heavy atom. The lowest BCUT2D eigenvalue weighted by atomic mass is 9.96. The van der Waals surface area contributed by atoms with Gasteiger partial charge >= 0.3 is 0 Å². The minimum Gasteiger partial charge on any atom is -0.357 e. The summed E-state index contributed by atoms with van der Waals surface area (Å²) >= 11 is 1.91. The minimum atomic E-state index is -1.50. The third kappa shape index (κ3) is 3.93. The molecule has 0 amide bonds. The molecule has 0 saturated heterocycles. The van der Waals surface area contributed by atoms with Crippen LogP contribution in [0.15, 0.2) is 36.4 Å². The first-order valence-corrected chi connectivity index (χ1v) is 10.9. The Bertz CT molecular complexity index is 1030. The van der Waals surface area contributed by atoms with Gasteiger partial charge in [-0.15, -0.1) is 0 Å². The van der Waals surface area contributed by atoms with Crippen LogP contribution in [0, 0.1) is 15.2 Å². The van der Waals surface area contributed by atoms with Gasteiger partial charge in [0.15, 0.2) is 0 Å². The number of alkyl halides is 1. The summed E-state index contributed by atoms with van der Waals surface area (Å²) in [6.07, 6.45) is 1.56. The molecule has 1 aromatic heterocycles. The van der Waals surface area contributed by atoms with Crippen molar-refractivity contribution in [3.63, 3.8) is 0 Å². The van der Waals surface area contributed by atoms with Gasteiger partial charge in [-0.25, -0.2) is 13.2 Å². The van der Waals surface area contributed by atoms with Crippen LogP contribution in [0.1, 0.15) is 50.1 Å². The summed E-state index contributed by atoms with van der Waals surface area (Å²) in [4.78, 5) is 5.32. The monoisotopic (exact) mass is 512 g/mol. The van der Waals surface area contributed by atoms with Gasteiger partial charge in [0.1, 0.15) is 17.3 Å². The molecular weight excluding hydrogens is 488 g/mol. The van der Waals surface area contributed by atoms with Crippen LogP contribution in [-0.2, 0) is 6.42 Å². The van der Waals surface area contributed by atoms with E-state index in [4.69, 9.17) is 0 Å². The summed E-state index contributed by atoms with van der Waals surface area (Å²) in [7, 11) is 0. The van der Waals surface area contributed by atoms with Gasteiger partial charge in [-0.1, -0.05) is 18.2 Å². The summed E-state index contributed by atoms with van der Waals surface area (Å²) in [5, 5.41) is 1.06. The molecule has 0 bridgehead atoms. The molecular formula is C23H24F3IN2. The van der Waals surface area contributed by atoms with Crippen molar-refractivity contribution >= 4 is 33.5 Å². The molecule has 2 unspecified atom stereocenters. The van der Waals surface area contributed by atoms with Crippen LogP contribution in [0.4, 0.5) is 13.2 Å². The van der Waals surface area contributed by atoms with Gasteiger partial charge in [-0.3, -0.25) is 4.90 Å². The Morgan fingerprint density at radius 3 is 2.48 bits per heavy atom. The highest BCUT2D eigenvalue weighted by atomic mass is 127. The van der Waals surface area contributed by atoms with Crippen LogP contribution in [0.2, 0.25) is 0 Å². The van der Waals surface area contributed by atoms with Crippen LogP contribution in [0.25, 0.3) is 10.9 Å². The summed E-state index contributed by atoms with van der Waals surface area (Å²) in [6, 6.07) is 9.83. The lowest BCUT2D eigenvalue weighted by Gasteiger charge is -2.38. The molecule has 0 saturated carbocycles. The van der Waals surface area contributed by atoms with E-state index in [9.17, 15) is 4.39 Å². The van der Waals surface area contributed by atoms with Crippen LogP contribution >= 0.6 is 22.6 Å². The zero-order valence-electron chi connectivity index (χ0n) is 16.7. The van der Waals surface area contributed by atoms with Gasteiger partial charge in [0.05, 0.1) is 6.04 Å². The number of H-pyrrole nitrogens is 1. The number of aryl methyl sites for hydroxylation is 1. The third-order valence-corrected chi connectivity index (χ3v) is 6.33. The number of aromatic amines is 1. The molecule has 1 aliphatic rings. The van der Waals surface area contributed by atoms with E-state index in [0.29, 0.717) is 3.57 Å². The number of hydrogen-bond acceptors (Lipinski definition) is 1. The Labute approximate surface area is 182 Å². The zero-order valence-corrected chi connectivity index (χ0v) is 18.9. The van der Waals surface area contributed by atoms with Crippen molar-refractivity contribution in [2.24, 2.45) is 0 Å². The predicted octanol–water partition coefficient (Wildman–Crippen LogP) is 6.52. The van der Waals surface area contributed by atoms with Crippen molar-refractivity contribution in [3.05, 3.63) is 68.4 Å². The van der Waals surface area contributed by atoms with Crippen LogP contribution in [-0.4, -0.2) is 28.1 Å². The molecule has 2 atom stereocenters. The van der Waals surface area contributed by atoms with Crippen molar-refractivity contribution in [1.82, 2.24) is 9.88 Å². The zero-order chi connectivity index (χ0) is 20.9. The first kappa shape index (κ1) is 20.7. The predicted molar refractivity (Wildman–Crippen MR) is 119 cm³/mol. The van der Waals surface area contributed by atoms with Gasteiger partial charge < -0.3 is 4.98 Å². The molecule has 2 heterocycles. The van der Waals surface area contributed by atoms with E-state index in [-0.39, 0.29) is 18.2 Å². The second-order valence-corrected chi connectivity index (χ2v) is 9.77. The maximum absolute atomic E-state index is 15.1. The van der Waals surface area contributed by atoms with Gasteiger partial charge in [-0.05, 0) is 80.0 Å². The minimum absolute atomic E-state index is 0.0174. The number of fused-ring (bicyclic) bond motifs is 3. The van der Waals surface area contributed by atoms with Crippen LogP contribution in [0.5, 0.6) is 0 Å². The number of nitrogens with one attached hydrogen (secondary N) is 1. The van der Waals surface area contributed by atoms with E-state index in [0.717, 1.165) is 35.0 Å². The molecule has 0 radical (unpaired) electrons. The summed E-state index contributed by atoms with van der Waals surface area (Å²) in [6.45, 7) is 5.11. The van der Waals surface area contributed by atoms with E-state index >= 15 is 8.78 Å². The maximum Gasteiger partial charge on any atom is 0.132 e. The van der Waals surface area contributed by atoms with Crippen LogP contribution < -0.4 is 0 Å². The van der Waals surface area contributed by atoms with Gasteiger partial charge in [0.2, 0.25) is 0 Å². The van der Waals surface area contributed by atoms with Crippen molar-refractivity contribution < 1.29 is 13.2 Å². The van der Waals surface area contributed by atoms with Gasteiger partial charge in [-0.2, -0.15) is 0 Å². The second kappa shape index (κ2) is 7.61. The topological polar surface area (TPSA) is 19.0 Å². The molecule has 0 aliphatic carbocycles. The van der Waals surface area contributed by atoms with E-state index < -0.39 is 23.3 Å². The normalized spacial score (nSPS) is 20.7. The third-order valence-electron chi connectivity index (χ3n) is 5.71. The number of nitrogens with zero attached hydrogens (tertiary/aromatic N) is 1. The highest BCUT2D eigenvalue weighted by Crippen LogP contribution is 2.42. The molecule has 29 heavy (non-hydrogen) atoms. The summed E-state index contributed by atoms with van der Waals surface area (Å²) in [5.74, 6) is -1.19. The maximum atomic E-state index is 15.1. The number of hydrogen-bond donors (Lipinski definition) is 1. The fraction of sp³-hybridized carbons (Fsp3) is 0.391. The number of benzene rings is 2. The Kier molecular flexibility index (Phi) is 5.44. The molecule has 0 spiro atoms. The SMILES string of the molecule is CC1CCc2c([nH]c3ccccc23)C(c2c(F)cc(I)cc2F)N1CC(C)(C)F. The lowest BCUT2D eigenvalue weighted by molar-refractivity contribution is 0.0721. The molecule has 1 aliphatic heterocycles. The lowest BCUT2D eigenvalue weighted by Crippen LogP contribution is -2.44. The highest BCUT2D eigenvalue weighted by molar-refractivity contribution is 14.1. The molecule has 2 nitrogen and oxygen atoms in total. The average Bonchev–Trinajstić information content (AvgIpc) is 2.92. The van der Waals surface area contributed by atoms with E-state index in [1.165, 1.54) is 26.0 Å². The van der Waals surface area contributed by atoms with Crippen LogP contribution in [0.3, 0.4) is 0 Å². The molecule has 3 aromatic rings. The molecule has 2 aromatic carbocycles. The molecule has 6 heteroatoms. The molecule has 4 rings (SSSR count). The highest BCUT2D eigenvalue weighted by Gasteiger charge is 2.39. The van der Waals surface area contributed by atoms with Crippen molar-refractivity contribution in [1.29, 1.82) is 0 Å². The number of rotatable bonds is 3. The Hall–Kier alpha value is -1.54. The van der Waals surface area contributed by atoms with Gasteiger partial charge in [0, 0.05) is 38.3 Å². The summed E-state index contributed by atoms with van der Waals surface area (Å²) < 4.78 is 45.5. The fourth-order valence-electron chi connectivity index (χ4n) is 4.47. The van der Waals surface area contributed by atoms with Crippen molar-refractivity contribution in [2.75, 3.05) is 6.54 Å². The molecule has 0 fully saturated rings. The smallest absolute Gasteiger partial charge is 0.132 e. The number of para-hydroxylation sites is 1.